The Morgan fingerprint density at radius 1 is 0.702 bits per heavy atom. The fraction of sp³-hybridized carbons (Fsp3) is 0.523. The van der Waals surface area contributed by atoms with E-state index in [0.717, 1.165) is 113 Å². The number of aromatic nitrogens is 4. The van der Waals surface area contributed by atoms with Gasteiger partial charge in [-0.05, 0) is 94.1 Å². The SMILES string of the molecule is Cn1c(C(=O)Nc2cccc(-c3cccc(NC(=O)c4nc5c(n4C)CCN(CC4CC4)C5)c3Cl)c2Cl)nc2c1CCC(CCC1CCC(C(=O)O)CC1)CCC2. The van der Waals surface area contributed by atoms with Crippen molar-refractivity contribution in [1.29, 1.82) is 0 Å². The Bertz CT molecular complexity index is 2170. The molecule has 3 N–H and O–H groups in total. The number of rotatable bonds is 11. The molecule has 1 unspecified atom stereocenters. The zero-order valence-electron chi connectivity index (χ0n) is 33.0. The third kappa shape index (κ3) is 8.66. The Labute approximate surface area is 344 Å². The second-order valence-electron chi connectivity index (χ2n) is 16.9. The molecule has 1 aliphatic heterocycles. The van der Waals surface area contributed by atoms with Gasteiger partial charge < -0.3 is 24.9 Å². The maximum absolute atomic E-state index is 13.8. The lowest BCUT2D eigenvalue weighted by atomic mass is 9.78. The number of imidazole rings is 2. The van der Waals surface area contributed by atoms with Gasteiger partial charge in [-0.15, -0.1) is 0 Å². The van der Waals surface area contributed by atoms with Crippen LogP contribution in [0.3, 0.4) is 0 Å². The molecule has 2 aromatic carbocycles. The normalized spacial score (nSPS) is 21.2. The fourth-order valence-electron chi connectivity index (χ4n) is 9.44. The predicted octanol–water partition coefficient (Wildman–Crippen LogP) is 8.96. The van der Waals surface area contributed by atoms with Gasteiger partial charge in [-0.1, -0.05) is 66.7 Å². The molecule has 0 saturated heterocycles. The Morgan fingerprint density at radius 3 is 1.82 bits per heavy atom. The number of nitrogens with zero attached hydrogens (tertiary/aromatic N) is 5. The van der Waals surface area contributed by atoms with E-state index in [1.165, 1.54) is 25.7 Å². The van der Waals surface area contributed by atoms with Crippen LogP contribution in [0.2, 0.25) is 10.0 Å². The average molecular weight is 815 g/mol. The molecule has 1 atom stereocenters. The summed E-state index contributed by atoms with van der Waals surface area (Å²) < 4.78 is 3.83. The second kappa shape index (κ2) is 17.0. The van der Waals surface area contributed by atoms with E-state index in [2.05, 4.69) is 15.5 Å². The summed E-state index contributed by atoms with van der Waals surface area (Å²) in [4.78, 5) is 50.8. The number of carbonyl (C=O) groups excluding carboxylic acids is 2. The van der Waals surface area contributed by atoms with Crippen molar-refractivity contribution in [1.82, 2.24) is 24.0 Å². The van der Waals surface area contributed by atoms with Crippen molar-refractivity contribution >= 4 is 52.4 Å². The lowest BCUT2D eigenvalue weighted by Crippen LogP contribution is -2.32. The number of hydrogen-bond acceptors (Lipinski definition) is 6. The van der Waals surface area contributed by atoms with E-state index < -0.39 is 5.97 Å². The van der Waals surface area contributed by atoms with Crippen LogP contribution in [0.1, 0.15) is 115 Å². The molecule has 4 aliphatic rings. The monoisotopic (exact) mass is 813 g/mol. The van der Waals surface area contributed by atoms with Gasteiger partial charge in [0.25, 0.3) is 11.8 Å². The van der Waals surface area contributed by atoms with Crippen molar-refractivity contribution in [2.75, 3.05) is 23.7 Å². The van der Waals surface area contributed by atoms with E-state index in [0.29, 0.717) is 56.0 Å². The Balaban J connectivity index is 0.916. The number of halogens is 2. The number of aryl methyl sites for hydroxylation is 1. The van der Waals surface area contributed by atoms with E-state index in [4.69, 9.17) is 33.2 Å². The number of carboxylic acids is 1. The average Bonchev–Trinajstić information content (AvgIpc) is 3.87. The van der Waals surface area contributed by atoms with E-state index in [-0.39, 0.29) is 17.7 Å². The van der Waals surface area contributed by atoms with Gasteiger partial charge in [0.1, 0.15) is 0 Å². The molecular formula is C44H53Cl2N7O4. The number of aliphatic carboxylic acids is 1. The van der Waals surface area contributed by atoms with Crippen LogP contribution < -0.4 is 10.6 Å². The molecule has 11 nitrogen and oxygen atoms in total. The molecule has 2 amide bonds. The van der Waals surface area contributed by atoms with Crippen molar-refractivity contribution in [3.63, 3.8) is 0 Å². The van der Waals surface area contributed by atoms with Crippen molar-refractivity contribution in [2.24, 2.45) is 37.8 Å². The Morgan fingerprint density at radius 2 is 1.25 bits per heavy atom. The molecule has 3 aliphatic carbocycles. The molecule has 0 radical (unpaired) electrons. The zero-order valence-corrected chi connectivity index (χ0v) is 34.5. The summed E-state index contributed by atoms with van der Waals surface area (Å²) in [5.41, 5.74) is 6.28. The third-order valence-corrected chi connectivity index (χ3v) is 13.8. The minimum absolute atomic E-state index is 0.166. The molecule has 2 saturated carbocycles. The molecule has 3 heterocycles. The maximum atomic E-state index is 13.8. The first-order valence-corrected chi connectivity index (χ1v) is 21.5. The number of carbonyl (C=O) groups is 3. The number of hydrogen-bond donors (Lipinski definition) is 3. The van der Waals surface area contributed by atoms with Crippen molar-refractivity contribution < 1.29 is 19.5 Å². The van der Waals surface area contributed by atoms with Crippen molar-refractivity contribution in [2.45, 2.75) is 96.4 Å². The van der Waals surface area contributed by atoms with Crippen LogP contribution >= 0.6 is 23.2 Å². The summed E-state index contributed by atoms with van der Waals surface area (Å²) in [5, 5.41) is 16.0. The van der Waals surface area contributed by atoms with Gasteiger partial charge in [0, 0.05) is 62.7 Å². The topological polar surface area (TPSA) is 134 Å². The Hall–Kier alpha value is -4.19. The summed E-state index contributed by atoms with van der Waals surface area (Å²) in [7, 11) is 3.81. The van der Waals surface area contributed by atoms with Crippen molar-refractivity contribution in [3.8, 4) is 11.1 Å². The molecule has 13 heteroatoms. The fourth-order valence-corrected chi connectivity index (χ4v) is 9.99. The first kappa shape index (κ1) is 39.6. The zero-order chi connectivity index (χ0) is 39.8. The largest absolute Gasteiger partial charge is 0.481 e. The Kier molecular flexibility index (Phi) is 11.8. The number of carboxylic acid groups (broad SMARTS) is 1. The van der Waals surface area contributed by atoms with Gasteiger partial charge in [0.15, 0.2) is 11.6 Å². The van der Waals surface area contributed by atoms with Gasteiger partial charge in [0.2, 0.25) is 0 Å². The molecule has 4 aromatic rings. The van der Waals surface area contributed by atoms with Crippen molar-refractivity contribution in [3.05, 3.63) is 80.9 Å². The maximum Gasteiger partial charge on any atom is 0.306 e. The highest BCUT2D eigenvalue weighted by atomic mass is 35.5. The molecule has 2 fully saturated rings. The van der Waals surface area contributed by atoms with Gasteiger partial charge in [-0.2, -0.15) is 0 Å². The lowest BCUT2D eigenvalue weighted by molar-refractivity contribution is -0.143. The number of benzene rings is 2. The highest BCUT2D eigenvalue weighted by Crippen LogP contribution is 2.41. The minimum atomic E-state index is -0.644. The quantitative estimate of drug-likeness (QED) is 0.138. The molecule has 0 spiro atoms. The van der Waals surface area contributed by atoms with Gasteiger partial charge in [0.05, 0.1) is 38.7 Å². The smallest absolute Gasteiger partial charge is 0.306 e. The van der Waals surface area contributed by atoms with Crippen LogP contribution in [0.4, 0.5) is 11.4 Å². The lowest BCUT2D eigenvalue weighted by Gasteiger charge is -2.28. The van der Waals surface area contributed by atoms with Crippen LogP contribution in [0, 0.1) is 23.7 Å². The summed E-state index contributed by atoms with van der Waals surface area (Å²) in [6.07, 6.45) is 14.4. The molecule has 8 rings (SSSR count). The first-order chi connectivity index (χ1) is 27.5. The number of amides is 2. The van der Waals surface area contributed by atoms with E-state index in [9.17, 15) is 19.5 Å². The molecule has 2 aromatic heterocycles. The number of nitrogens with one attached hydrogen (secondary N) is 2. The number of anilines is 2. The third-order valence-electron chi connectivity index (χ3n) is 13.0. The highest BCUT2D eigenvalue weighted by molar-refractivity contribution is 6.40. The van der Waals surface area contributed by atoms with E-state index >= 15 is 0 Å². The van der Waals surface area contributed by atoms with E-state index in [1.54, 1.807) is 12.1 Å². The molecule has 0 bridgehead atoms. The molecule has 57 heavy (non-hydrogen) atoms. The summed E-state index contributed by atoms with van der Waals surface area (Å²) >= 11 is 14.0. The van der Waals surface area contributed by atoms with Crippen LogP contribution in [0.25, 0.3) is 11.1 Å². The van der Waals surface area contributed by atoms with Crippen LogP contribution in [0.15, 0.2) is 36.4 Å². The highest BCUT2D eigenvalue weighted by Gasteiger charge is 2.31. The molecule has 302 valence electrons. The summed E-state index contributed by atoms with van der Waals surface area (Å²) in [5.74, 6) is 1.28. The van der Waals surface area contributed by atoms with Crippen LogP contribution in [-0.2, 0) is 44.7 Å². The molecular weight excluding hydrogens is 761 g/mol. The van der Waals surface area contributed by atoms with E-state index in [1.807, 2.05) is 47.5 Å². The standard InChI is InChI=1S/C44H53Cl2N7O4/c1-51-36-21-18-26(12-13-27-16-19-29(20-17-27)44(56)57)6-3-9-32(36)47-40(51)42(54)49-33-10-4-7-30(38(33)45)31-8-5-11-34(39(31)46)50-43(55)41-48-35-25-53(24-28-14-15-28)23-22-37(35)52(41)2/h4-5,7-8,10-11,26-29H,3,6,9,12-25H2,1-2H3,(H,49,54)(H,50,55)(H,56,57). The van der Waals surface area contributed by atoms with Crippen LogP contribution in [-0.4, -0.2) is 60.0 Å². The number of fused-ring (bicyclic) bond motifs is 2. The first-order valence-electron chi connectivity index (χ1n) is 20.8. The summed E-state index contributed by atoms with van der Waals surface area (Å²) in [6, 6.07) is 10.8. The van der Waals surface area contributed by atoms with Crippen LogP contribution in [0.5, 0.6) is 0 Å². The van der Waals surface area contributed by atoms with Gasteiger partial charge in [-0.25, -0.2) is 9.97 Å². The van der Waals surface area contributed by atoms with Gasteiger partial charge in [-0.3, -0.25) is 19.3 Å². The minimum Gasteiger partial charge on any atom is -0.481 e. The van der Waals surface area contributed by atoms with Gasteiger partial charge >= 0.3 is 5.97 Å². The summed E-state index contributed by atoms with van der Waals surface area (Å²) in [6.45, 7) is 2.84. The second-order valence-corrected chi connectivity index (χ2v) is 17.6. The predicted molar refractivity (Wildman–Crippen MR) is 223 cm³/mol.